The fourth-order valence-electron chi connectivity index (χ4n) is 2.90. The summed E-state index contributed by atoms with van der Waals surface area (Å²) in [5.41, 5.74) is -0.121. The van der Waals surface area contributed by atoms with Crippen LogP contribution in [-0.2, 0) is 26.2 Å². The number of ether oxygens (including phenoxy) is 1. The van der Waals surface area contributed by atoms with Crippen molar-refractivity contribution in [3.05, 3.63) is 70.6 Å². The normalized spacial score (nSPS) is 12.5. The SMILES string of the molecule is CSCC[C@@H](NS(=O)(=O)c1ccccc1)C(=O)OCc1cc(=O)oc2cc(O)ccc12. The first-order valence-electron chi connectivity index (χ1n) is 9.29. The van der Waals surface area contributed by atoms with Crippen LogP contribution in [0, 0.1) is 0 Å². The van der Waals surface area contributed by atoms with Gasteiger partial charge in [-0.2, -0.15) is 16.5 Å². The Morgan fingerprint density at radius 1 is 1.19 bits per heavy atom. The number of carbonyl (C=O) groups is 1. The van der Waals surface area contributed by atoms with Crippen molar-refractivity contribution in [2.24, 2.45) is 0 Å². The average Bonchev–Trinajstić information content (AvgIpc) is 2.74. The van der Waals surface area contributed by atoms with Gasteiger partial charge in [-0.05, 0) is 42.7 Å². The Balaban J connectivity index is 1.79. The first-order chi connectivity index (χ1) is 14.8. The maximum Gasteiger partial charge on any atom is 0.336 e. The molecule has 1 aromatic heterocycles. The van der Waals surface area contributed by atoms with E-state index in [0.29, 0.717) is 16.7 Å². The Hall–Kier alpha value is -2.82. The predicted octanol–water partition coefficient (Wildman–Crippen LogP) is 2.64. The molecule has 0 fully saturated rings. The standard InChI is InChI=1S/C21H21NO7S2/c1-30-10-9-18(22-31(26,27)16-5-3-2-4-6-16)21(25)28-13-14-11-20(24)29-19-12-15(23)7-8-17(14)19/h2-8,11-12,18,22-23H,9-10,13H2,1H3/t18-/m1/s1. The summed E-state index contributed by atoms with van der Waals surface area (Å²) in [7, 11) is -3.92. The third kappa shape index (κ3) is 5.87. The summed E-state index contributed by atoms with van der Waals surface area (Å²) < 4.78 is 38.1. The minimum Gasteiger partial charge on any atom is -0.508 e. The van der Waals surface area contributed by atoms with Crippen LogP contribution in [0.3, 0.4) is 0 Å². The van der Waals surface area contributed by atoms with Crippen molar-refractivity contribution in [2.75, 3.05) is 12.0 Å². The number of nitrogens with one attached hydrogen (secondary N) is 1. The molecule has 0 unspecified atom stereocenters. The van der Waals surface area contributed by atoms with Gasteiger partial charge in [0, 0.05) is 23.1 Å². The van der Waals surface area contributed by atoms with Crippen molar-refractivity contribution < 1.29 is 27.5 Å². The quantitative estimate of drug-likeness (QED) is 0.367. The van der Waals surface area contributed by atoms with Crippen molar-refractivity contribution in [2.45, 2.75) is 24.0 Å². The number of carbonyl (C=O) groups excluding carboxylic acids is 1. The number of sulfonamides is 1. The highest BCUT2D eigenvalue weighted by Gasteiger charge is 2.27. The summed E-state index contributed by atoms with van der Waals surface area (Å²) in [6.45, 7) is -0.255. The summed E-state index contributed by atoms with van der Waals surface area (Å²) in [4.78, 5) is 24.5. The Morgan fingerprint density at radius 3 is 2.65 bits per heavy atom. The molecule has 0 radical (unpaired) electrons. The lowest BCUT2D eigenvalue weighted by atomic mass is 10.1. The molecular formula is C21H21NO7S2. The third-order valence-corrected chi connectivity index (χ3v) is 6.56. The minimum absolute atomic E-state index is 0.0448. The van der Waals surface area contributed by atoms with Gasteiger partial charge in [0.25, 0.3) is 0 Å². The molecule has 10 heteroatoms. The van der Waals surface area contributed by atoms with E-state index >= 15 is 0 Å². The highest BCUT2D eigenvalue weighted by Crippen LogP contribution is 2.22. The number of hydrogen-bond acceptors (Lipinski definition) is 8. The van der Waals surface area contributed by atoms with Crippen molar-refractivity contribution >= 4 is 38.7 Å². The number of hydrogen-bond donors (Lipinski definition) is 2. The van der Waals surface area contributed by atoms with Gasteiger partial charge in [-0.15, -0.1) is 0 Å². The number of thioether (sulfide) groups is 1. The lowest BCUT2D eigenvalue weighted by molar-refractivity contribution is -0.147. The van der Waals surface area contributed by atoms with E-state index in [0.717, 1.165) is 0 Å². The largest absolute Gasteiger partial charge is 0.508 e. The smallest absolute Gasteiger partial charge is 0.336 e. The molecule has 3 rings (SSSR count). The monoisotopic (exact) mass is 463 g/mol. The molecular weight excluding hydrogens is 442 g/mol. The van der Waals surface area contributed by atoms with Gasteiger partial charge >= 0.3 is 11.6 Å². The molecule has 0 aliphatic rings. The summed E-state index contributed by atoms with van der Waals surface area (Å²) in [5.74, 6) is -0.292. The fourth-order valence-corrected chi connectivity index (χ4v) is 4.61. The van der Waals surface area contributed by atoms with E-state index in [1.54, 1.807) is 24.3 Å². The van der Waals surface area contributed by atoms with Gasteiger partial charge in [0.2, 0.25) is 10.0 Å². The van der Waals surface area contributed by atoms with E-state index in [4.69, 9.17) is 9.15 Å². The highest BCUT2D eigenvalue weighted by atomic mass is 32.2. The number of rotatable bonds is 9. The van der Waals surface area contributed by atoms with Gasteiger partial charge in [-0.3, -0.25) is 4.79 Å². The van der Waals surface area contributed by atoms with E-state index in [1.807, 2.05) is 6.26 Å². The molecule has 0 aliphatic carbocycles. The van der Waals surface area contributed by atoms with Gasteiger partial charge in [0.15, 0.2) is 0 Å². The van der Waals surface area contributed by atoms with Crippen LogP contribution in [0.15, 0.2) is 68.7 Å². The second-order valence-electron chi connectivity index (χ2n) is 6.65. The Labute approximate surface area is 183 Å². The van der Waals surface area contributed by atoms with Gasteiger partial charge < -0.3 is 14.3 Å². The zero-order valence-electron chi connectivity index (χ0n) is 16.6. The molecule has 2 aromatic carbocycles. The third-order valence-electron chi connectivity index (χ3n) is 4.43. The summed E-state index contributed by atoms with van der Waals surface area (Å²) in [6.07, 6.45) is 2.08. The van der Waals surface area contributed by atoms with Crippen molar-refractivity contribution in [1.82, 2.24) is 4.72 Å². The van der Waals surface area contributed by atoms with Crippen LogP contribution in [0.4, 0.5) is 0 Å². The number of phenolic OH excluding ortho intramolecular Hbond substituents is 1. The molecule has 164 valence electrons. The molecule has 31 heavy (non-hydrogen) atoms. The second-order valence-corrected chi connectivity index (χ2v) is 9.35. The zero-order chi connectivity index (χ0) is 22.4. The molecule has 0 saturated heterocycles. The number of fused-ring (bicyclic) bond motifs is 1. The van der Waals surface area contributed by atoms with E-state index in [2.05, 4.69) is 4.72 Å². The number of esters is 1. The van der Waals surface area contributed by atoms with Gasteiger partial charge in [0.1, 0.15) is 24.0 Å². The lowest BCUT2D eigenvalue weighted by Gasteiger charge is -2.18. The molecule has 0 saturated carbocycles. The van der Waals surface area contributed by atoms with E-state index in [1.165, 1.54) is 42.1 Å². The van der Waals surface area contributed by atoms with Crippen LogP contribution < -0.4 is 10.3 Å². The topological polar surface area (TPSA) is 123 Å². The Kier molecular flexibility index (Phi) is 7.37. The lowest BCUT2D eigenvalue weighted by Crippen LogP contribution is -2.42. The molecule has 8 nitrogen and oxygen atoms in total. The maximum absolute atomic E-state index is 12.7. The first kappa shape index (κ1) is 22.9. The average molecular weight is 464 g/mol. The molecule has 0 amide bonds. The van der Waals surface area contributed by atoms with Gasteiger partial charge in [0.05, 0.1) is 4.90 Å². The molecule has 1 heterocycles. The number of phenols is 1. The molecule has 0 bridgehead atoms. The molecule has 1 atom stereocenters. The summed E-state index contributed by atoms with van der Waals surface area (Å²) in [5, 5.41) is 10.1. The van der Waals surface area contributed by atoms with Crippen molar-refractivity contribution in [3.63, 3.8) is 0 Å². The minimum atomic E-state index is -3.92. The van der Waals surface area contributed by atoms with Crippen LogP contribution >= 0.6 is 11.8 Å². The van der Waals surface area contributed by atoms with Crippen LogP contribution in [0.1, 0.15) is 12.0 Å². The van der Waals surface area contributed by atoms with E-state index in [9.17, 15) is 23.1 Å². The molecule has 2 N–H and O–H groups in total. The molecule has 0 spiro atoms. The number of benzene rings is 2. The Bertz CT molecular complexity index is 1220. The summed E-state index contributed by atoms with van der Waals surface area (Å²) in [6, 6.07) is 12.1. The van der Waals surface area contributed by atoms with Crippen LogP contribution in [0.25, 0.3) is 11.0 Å². The van der Waals surface area contributed by atoms with Crippen LogP contribution in [-0.4, -0.2) is 37.5 Å². The predicted molar refractivity (Wildman–Crippen MR) is 117 cm³/mol. The van der Waals surface area contributed by atoms with Gasteiger partial charge in [-0.1, -0.05) is 18.2 Å². The molecule has 3 aromatic rings. The van der Waals surface area contributed by atoms with Crippen LogP contribution in [0.5, 0.6) is 5.75 Å². The zero-order valence-corrected chi connectivity index (χ0v) is 18.2. The van der Waals surface area contributed by atoms with Crippen molar-refractivity contribution in [3.8, 4) is 5.75 Å². The fraction of sp³-hybridized carbons (Fsp3) is 0.238. The summed E-state index contributed by atoms with van der Waals surface area (Å²) >= 11 is 1.47. The highest BCUT2D eigenvalue weighted by molar-refractivity contribution is 7.98. The van der Waals surface area contributed by atoms with Crippen LogP contribution in [0.2, 0.25) is 0 Å². The Morgan fingerprint density at radius 2 is 1.94 bits per heavy atom. The van der Waals surface area contributed by atoms with E-state index < -0.39 is 27.7 Å². The van der Waals surface area contributed by atoms with Crippen molar-refractivity contribution in [1.29, 1.82) is 0 Å². The number of aromatic hydroxyl groups is 1. The second kappa shape index (κ2) is 9.99. The maximum atomic E-state index is 12.7. The van der Waals surface area contributed by atoms with E-state index in [-0.39, 0.29) is 29.3 Å². The van der Waals surface area contributed by atoms with Gasteiger partial charge in [-0.25, -0.2) is 13.2 Å². The molecule has 0 aliphatic heterocycles. The first-order valence-corrected chi connectivity index (χ1v) is 12.2.